The molecule has 4 aromatic rings. The van der Waals surface area contributed by atoms with E-state index < -0.39 is 18.7 Å². The number of ether oxygens (including phenoxy) is 1. The normalized spacial score (nSPS) is 11.4. The van der Waals surface area contributed by atoms with E-state index in [1.54, 1.807) is 7.05 Å². The minimum absolute atomic E-state index is 0.00693. The number of rotatable bonds is 6. The first-order valence-corrected chi connectivity index (χ1v) is 9.05. The topological polar surface area (TPSA) is 142 Å². The molecule has 0 atom stereocenters. The van der Waals surface area contributed by atoms with E-state index in [4.69, 9.17) is 10.3 Å². The van der Waals surface area contributed by atoms with Gasteiger partial charge in [-0.05, 0) is 18.2 Å². The van der Waals surface area contributed by atoms with Crippen molar-refractivity contribution in [1.82, 2.24) is 35.1 Å². The van der Waals surface area contributed by atoms with Crippen LogP contribution in [-0.4, -0.2) is 54.9 Å². The number of anilines is 3. The lowest BCUT2D eigenvalue weighted by molar-refractivity contribution is -0.154. The highest BCUT2D eigenvalue weighted by molar-refractivity contribution is 5.59. The number of alkyl halides is 3. The minimum Gasteiger partial charge on any atom is -0.468 e. The third-order valence-corrected chi connectivity index (χ3v) is 4.03. The van der Waals surface area contributed by atoms with Crippen LogP contribution in [0.2, 0.25) is 0 Å². The fourth-order valence-electron chi connectivity index (χ4n) is 2.49. The Morgan fingerprint density at radius 3 is 2.48 bits per heavy atom. The van der Waals surface area contributed by atoms with Crippen molar-refractivity contribution in [3.05, 3.63) is 42.6 Å². The summed E-state index contributed by atoms with van der Waals surface area (Å²) in [5.41, 5.74) is 6.59. The molecule has 0 aliphatic heterocycles. The molecule has 33 heavy (non-hydrogen) atoms. The zero-order chi connectivity index (χ0) is 23.6. The summed E-state index contributed by atoms with van der Waals surface area (Å²) in [6.07, 6.45) is -1.98. The molecule has 4 rings (SSSR count). The second-order valence-electron chi connectivity index (χ2n) is 6.43. The number of pyridine rings is 2. The minimum atomic E-state index is -4.48. The van der Waals surface area contributed by atoms with Crippen LogP contribution in [0.25, 0.3) is 23.1 Å². The van der Waals surface area contributed by atoms with Gasteiger partial charge in [-0.15, -0.1) is 0 Å². The second-order valence-corrected chi connectivity index (χ2v) is 6.43. The summed E-state index contributed by atoms with van der Waals surface area (Å²) in [6.45, 7) is -1.46. The molecular formula is C18H13F4N9O2. The molecule has 0 unspecified atom stereocenters. The molecule has 0 aliphatic carbocycles. The Kier molecular flexibility index (Phi) is 5.68. The molecule has 0 saturated heterocycles. The van der Waals surface area contributed by atoms with Crippen LogP contribution in [0.4, 0.5) is 35.1 Å². The molecule has 11 nitrogen and oxygen atoms in total. The van der Waals surface area contributed by atoms with Crippen molar-refractivity contribution in [2.45, 2.75) is 6.18 Å². The first-order chi connectivity index (χ1) is 15.7. The second kappa shape index (κ2) is 8.60. The van der Waals surface area contributed by atoms with Gasteiger partial charge in [0.1, 0.15) is 0 Å². The highest BCUT2D eigenvalue weighted by Gasteiger charge is 2.28. The Labute approximate surface area is 182 Å². The number of hydrogen-bond donors (Lipinski definition) is 1. The molecule has 0 amide bonds. The predicted molar refractivity (Wildman–Crippen MR) is 105 cm³/mol. The van der Waals surface area contributed by atoms with E-state index in [-0.39, 0.29) is 35.3 Å². The molecular weight excluding hydrogens is 450 g/mol. The van der Waals surface area contributed by atoms with Gasteiger partial charge in [0.05, 0.1) is 17.4 Å². The lowest BCUT2D eigenvalue weighted by atomic mass is 10.3. The standard InChI is InChI=1S/C18H13F4N9O2/c1-31(10-3-4-11(19)24-7-10)17-28-13(27-16(23)29-17)14-26-15(33-30-14)9-2-5-12(25-6-9)32-8-18(20,21)22/h2-7H,8H2,1H3,(H2,23,27,28,29). The summed E-state index contributed by atoms with van der Waals surface area (Å²) in [6, 6.07) is 5.29. The summed E-state index contributed by atoms with van der Waals surface area (Å²) in [5.74, 6) is -0.894. The average Bonchev–Trinajstić information content (AvgIpc) is 3.28. The Balaban J connectivity index is 1.55. The van der Waals surface area contributed by atoms with Crippen LogP contribution in [0.3, 0.4) is 0 Å². The van der Waals surface area contributed by atoms with Crippen LogP contribution >= 0.6 is 0 Å². The van der Waals surface area contributed by atoms with E-state index in [2.05, 4.69) is 39.8 Å². The number of aromatic nitrogens is 7. The van der Waals surface area contributed by atoms with Crippen molar-refractivity contribution in [2.75, 3.05) is 24.3 Å². The number of halogens is 4. The average molecular weight is 463 g/mol. The maximum absolute atomic E-state index is 13.1. The van der Waals surface area contributed by atoms with Crippen LogP contribution in [0.5, 0.6) is 5.88 Å². The smallest absolute Gasteiger partial charge is 0.422 e. The maximum atomic E-state index is 13.1. The Bertz CT molecular complexity index is 1250. The number of nitrogens with two attached hydrogens (primary N) is 1. The molecule has 0 aliphatic rings. The van der Waals surface area contributed by atoms with Crippen molar-refractivity contribution < 1.29 is 26.8 Å². The van der Waals surface area contributed by atoms with Gasteiger partial charge in [-0.3, -0.25) is 0 Å². The summed E-state index contributed by atoms with van der Waals surface area (Å²) in [7, 11) is 1.61. The molecule has 4 aromatic heterocycles. The summed E-state index contributed by atoms with van der Waals surface area (Å²) < 4.78 is 59.5. The van der Waals surface area contributed by atoms with Gasteiger partial charge in [-0.1, -0.05) is 5.16 Å². The van der Waals surface area contributed by atoms with E-state index in [1.807, 2.05) is 0 Å². The van der Waals surface area contributed by atoms with Gasteiger partial charge >= 0.3 is 6.18 Å². The number of nitrogens with zero attached hydrogens (tertiary/aromatic N) is 8. The lowest BCUT2D eigenvalue weighted by Gasteiger charge is -2.16. The highest BCUT2D eigenvalue weighted by atomic mass is 19.4. The first-order valence-electron chi connectivity index (χ1n) is 9.05. The molecule has 0 radical (unpaired) electrons. The third kappa shape index (κ3) is 5.25. The number of nitrogen functional groups attached to an aromatic ring is 1. The molecule has 2 N–H and O–H groups in total. The van der Waals surface area contributed by atoms with Gasteiger partial charge in [-0.2, -0.15) is 37.5 Å². The monoisotopic (exact) mass is 463 g/mol. The first kappa shape index (κ1) is 21.8. The van der Waals surface area contributed by atoms with Gasteiger partial charge in [-0.25, -0.2) is 9.97 Å². The Morgan fingerprint density at radius 2 is 1.82 bits per heavy atom. The van der Waals surface area contributed by atoms with Gasteiger partial charge in [0.2, 0.25) is 35.4 Å². The van der Waals surface area contributed by atoms with Gasteiger partial charge in [0, 0.05) is 19.3 Å². The van der Waals surface area contributed by atoms with Crippen molar-refractivity contribution in [3.63, 3.8) is 0 Å². The zero-order valence-electron chi connectivity index (χ0n) is 16.7. The van der Waals surface area contributed by atoms with Crippen LogP contribution < -0.4 is 15.4 Å². The summed E-state index contributed by atoms with van der Waals surface area (Å²) >= 11 is 0. The van der Waals surface area contributed by atoms with E-state index in [0.717, 1.165) is 0 Å². The van der Waals surface area contributed by atoms with Crippen molar-refractivity contribution >= 4 is 17.6 Å². The SMILES string of the molecule is CN(c1ccc(F)nc1)c1nc(N)nc(-c2noc(-c3ccc(OCC(F)(F)F)nc3)n2)n1. The fraction of sp³-hybridized carbons (Fsp3) is 0.167. The fourth-order valence-corrected chi connectivity index (χ4v) is 2.49. The van der Waals surface area contributed by atoms with Gasteiger partial charge in [0.25, 0.3) is 5.89 Å². The summed E-state index contributed by atoms with van der Waals surface area (Å²) in [4.78, 5) is 25.3. The van der Waals surface area contributed by atoms with E-state index in [1.165, 1.54) is 41.6 Å². The molecule has 170 valence electrons. The molecule has 15 heteroatoms. The molecule has 0 aromatic carbocycles. The van der Waals surface area contributed by atoms with Crippen molar-refractivity contribution in [3.8, 4) is 29.0 Å². The van der Waals surface area contributed by atoms with E-state index >= 15 is 0 Å². The maximum Gasteiger partial charge on any atom is 0.422 e. The van der Waals surface area contributed by atoms with Crippen LogP contribution in [-0.2, 0) is 0 Å². The Hall–Kier alpha value is -4.43. The molecule has 0 saturated carbocycles. The van der Waals surface area contributed by atoms with E-state index in [0.29, 0.717) is 11.3 Å². The van der Waals surface area contributed by atoms with Crippen LogP contribution in [0.15, 0.2) is 41.2 Å². The van der Waals surface area contributed by atoms with Crippen LogP contribution in [0, 0.1) is 5.95 Å². The third-order valence-electron chi connectivity index (χ3n) is 4.03. The van der Waals surface area contributed by atoms with Crippen molar-refractivity contribution in [2.24, 2.45) is 0 Å². The van der Waals surface area contributed by atoms with Gasteiger partial charge < -0.3 is 19.9 Å². The number of hydrogen-bond acceptors (Lipinski definition) is 11. The quantitative estimate of drug-likeness (QED) is 0.333. The largest absolute Gasteiger partial charge is 0.468 e. The lowest BCUT2D eigenvalue weighted by Crippen LogP contribution is -2.19. The van der Waals surface area contributed by atoms with Crippen molar-refractivity contribution in [1.29, 1.82) is 0 Å². The molecule has 0 spiro atoms. The van der Waals surface area contributed by atoms with E-state index in [9.17, 15) is 17.6 Å². The van der Waals surface area contributed by atoms with Gasteiger partial charge in [0.15, 0.2) is 6.61 Å². The summed E-state index contributed by atoms with van der Waals surface area (Å²) in [5, 5.41) is 3.80. The predicted octanol–water partition coefficient (Wildman–Crippen LogP) is 2.81. The molecule has 4 heterocycles. The zero-order valence-corrected chi connectivity index (χ0v) is 16.7. The highest BCUT2D eigenvalue weighted by Crippen LogP contribution is 2.25. The molecule has 0 fully saturated rings. The molecule has 0 bridgehead atoms. The Morgan fingerprint density at radius 1 is 1.00 bits per heavy atom. The van der Waals surface area contributed by atoms with Crippen LogP contribution in [0.1, 0.15) is 0 Å².